The maximum absolute atomic E-state index is 11.6. The molecule has 7 N–H and O–H groups in total. The van der Waals surface area contributed by atoms with Gasteiger partial charge in [0.05, 0.1) is 6.42 Å². The largest absolute Gasteiger partial charge is 0.481 e. The third kappa shape index (κ3) is 5.88. The van der Waals surface area contributed by atoms with E-state index < -0.39 is 66.9 Å². The number of aliphatic hydroxyl groups is 1. The van der Waals surface area contributed by atoms with Crippen molar-refractivity contribution in [3.8, 4) is 0 Å². The third-order valence-electron chi connectivity index (χ3n) is 2.66. The zero-order chi connectivity index (χ0) is 18.4. The lowest BCUT2D eigenvalue weighted by atomic mass is 9.92. The van der Waals surface area contributed by atoms with Gasteiger partial charge in [0.1, 0.15) is 6.04 Å². The summed E-state index contributed by atoms with van der Waals surface area (Å²) in [5, 5.41) is 44.5. The first-order valence-corrected chi connectivity index (χ1v) is 6.00. The molecule has 0 aromatic rings. The van der Waals surface area contributed by atoms with Crippen molar-refractivity contribution in [3.05, 3.63) is 0 Å². The Bertz CT molecular complexity index is 516. The molecule has 12 nitrogen and oxygen atoms in total. The van der Waals surface area contributed by atoms with Crippen LogP contribution < -0.4 is 5.73 Å². The van der Waals surface area contributed by atoms with Crippen LogP contribution in [0.1, 0.15) is 19.3 Å². The van der Waals surface area contributed by atoms with Gasteiger partial charge in [0.2, 0.25) is 11.7 Å². The van der Waals surface area contributed by atoms with Crippen molar-refractivity contribution in [3.63, 3.8) is 0 Å². The number of nitrogens with two attached hydrogens (primary N) is 1. The zero-order valence-electron chi connectivity index (χ0n) is 11.5. The summed E-state index contributed by atoms with van der Waals surface area (Å²) in [7, 11) is 0. The zero-order valence-corrected chi connectivity index (χ0v) is 11.5. The van der Waals surface area contributed by atoms with Crippen LogP contribution in [0.4, 0.5) is 0 Å². The van der Waals surface area contributed by atoms with Crippen LogP contribution in [0.15, 0.2) is 0 Å². The molecule has 3 atom stereocenters. The van der Waals surface area contributed by atoms with E-state index in [2.05, 4.69) is 4.74 Å². The van der Waals surface area contributed by atoms with Crippen molar-refractivity contribution in [2.75, 3.05) is 0 Å². The highest BCUT2D eigenvalue weighted by Crippen LogP contribution is 2.21. The van der Waals surface area contributed by atoms with Crippen LogP contribution in [-0.4, -0.2) is 73.1 Å². The molecule has 0 saturated carbocycles. The minimum absolute atomic E-state index is 0.440. The summed E-state index contributed by atoms with van der Waals surface area (Å²) in [5.74, 6) is -9.00. The number of carbonyl (C=O) groups excluding carboxylic acids is 1. The van der Waals surface area contributed by atoms with Crippen LogP contribution in [0.25, 0.3) is 0 Å². The Balaban J connectivity index is 5.27. The number of aliphatic carboxylic acids is 4. The van der Waals surface area contributed by atoms with E-state index in [9.17, 15) is 29.1 Å². The Kier molecular flexibility index (Phi) is 7.09. The second-order valence-electron chi connectivity index (χ2n) is 4.49. The highest BCUT2D eigenvalue weighted by atomic mass is 16.6. The topological polar surface area (TPSA) is 222 Å². The fourth-order valence-electron chi connectivity index (χ4n) is 1.46. The quantitative estimate of drug-likeness (QED) is 0.227. The van der Waals surface area contributed by atoms with Crippen LogP contribution >= 0.6 is 0 Å². The van der Waals surface area contributed by atoms with Gasteiger partial charge in [0, 0.05) is 6.42 Å². The molecular formula is C11H15NO11. The Morgan fingerprint density at radius 3 is 1.87 bits per heavy atom. The summed E-state index contributed by atoms with van der Waals surface area (Å²) in [5.41, 5.74) is 1.83. The van der Waals surface area contributed by atoms with Gasteiger partial charge in [-0.1, -0.05) is 0 Å². The van der Waals surface area contributed by atoms with Gasteiger partial charge in [-0.05, 0) is 6.42 Å². The van der Waals surface area contributed by atoms with Gasteiger partial charge in [0.15, 0.2) is 0 Å². The number of hydrogen-bond acceptors (Lipinski definition) is 8. The monoisotopic (exact) mass is 337 g/mol. The summed E-state index contributed by atoms with van der Waals surface area (Å²) in [6, 6.07) is -1.60. The Morgan fingerprint density at radius 1 is 1.00 bits per heavy atom. The van der Waals surface area contributed by atoms with Crippen molar-refractivity contribution in [2.24, 2.45) is 5.73 Å². The lowest BCUT2D eigenvalue weighted by molar-refractivity contribution is -0.198. The van der Waals surface area contributed by atoms with Gasteiger partial charge in [-0.2, -0.15) is 0 Å². The average Bonchev–Trinajstić information content (AvgIpc) is 2.39. The Morgan fingerprint density at radius 2 is 1.52 bits per heavy atom. The number of carbonyl (C=O) groups is 5. The van der Waals surface area contributed by atoms with Gasteiger partial charge < -0.3 is 36.0 Å². The Hall–Kier alpha value is -2.73. The summed E-state index contributed by atoms with van der Waals surface area (Å²) in [6.45, 7) is 0. The molecule has 0 aromatic heterocycles. The summed E-state index contributed by atoms with van der Waals surface area (Å²) in [4.78, 5) is 54.5. The summed E-state index contributed by atoms with van der Waals surface area (Å²) >= 11 is 0. The molecule has 0 radical (unpaired) electrons. The third-order valence-corrected chi connectivity index (χ3v) is 2.66. The summed E-state index contributed by atoms with van der Waals surface area (Å²) in [6.07, 6.45) is -5.30. The van der Waals surface area contributed by atoms with Gasteiger partial charge in [-0.15, -0.1) is 0 Å². The molecule has 0 aromatic carbocycles. The fourth-order valence-corrected chi connectivity index (χ4v) is 1.46. The molecule has 0 fully saturated rings. The van der Waals surface area contributed by atoms with Crippen LogP contribution in [0.5, 0.6) is 0 Å². The SMILES string of the molecule is NC(CCC(=O)O)C(=O)OC(C(=O)O)C(O)(CC(=O)O)C(=O)O. The molecule has 0 aliphatic heterocycles. The minimum Gasteiger partial charge on any atom is -0.481 e. The highest BCUT2D eigenvalue weighted by molar-refractivity contribution is 5.92. The fraction of sp³-hybridized carbons (Fsp3) is 0.545. The van der Waals surface area contributed by atoms with Crippen molar-refractivity contribution in [2.45, 2.75) is 37.0 Å². The predicted octanol–water partition coefficient (Wildman–Crippen LogP) is -2.53. The van der Waals surface area contributed by atoms with Crippen LogP contribution in [0.3, 0.4) is 0 Å². The second kappa shape index (κ2) is 8.05. The lowest BCUT2D eigenvalue weighted by Gasteiger charge is -2.28. The van der Waals surface area contributed by atoms with Crippen molar-refractivity contribution in [1.82, 2.24) is 0 Å². The van der Waals surface area contributed by atoms with Gasteiger partial charge in [0.25, 0.3) is 0 Å². The van der Waals surface area contributed by atoms with Crippen molar-refractivity contribution < 1.29 is 54.2 Å². The number of ether oxygens (including phenoxy) is 1. The maximum Gasteiger partial charge on any atom is 0.348 e. The van der Waals surface area contributed by atoms with E-state index in [-0.39, 0.29) is 0 Å². The molecule has 3 unspecified atom stereocenters. The molecule has 130 valence electrons. The first kappa shape index (κ1) is 20.3. The molecule has 0 saturated heterocycles. The van der Waals surface area contributed by atoms with E-state index in [0.29, 0.717) is 0 Å². The van der Waals surface area contributed by atoms with Crippen molar-refractivity contribution >= 4 is 29.8 Å². The second-order valence-corrected chi connectivity index (χ2v) is 4.49. The first-order chi connectivity index (χ1) is 10.4. The Labute approximate surface area is 128 Å². The molecule has 23 heavy (non-hydrogen) atoms. The number of carboxylic acid groups (broad SMARTS) is 4. The number of rotatable bonds is 10. The minimum atomic E-state index is -3.43. The number of carboxylic acids is 4. The van der Waals surface area contributed by atoms with Crippen molar-refractivity contribution in [1.29, 1.82) is 0 Å². The van der Waals surface area contributed by atoms with E-state index in [1.54, 1.807) is 0 Å². The van der Waals surface area contributed by atoms with E-state index in [1.807, 2.05) is 0 Å². The summed E-state index contributed by atoms with van der Waals surface area (Å²) < 4.78 is 4.28. The van der Waals surface area contributed by atoms with Gasteiger partial charge in [-0.25, -0.2) is 9.59 Å². The van der Waals surface area contributed by atoms with E-state index in [1.165, 1.54) is 0 Å². The molecule has 0 amide bonds. The van der Waals surface area contributed by atoms with E-state index in [0.717, 1.165) is 0 Å². The molecule has 0 heterocycles. The lowest BCUT2D eigenvalue weighted by Crippen LogP contribution is -2.57. The predicted molar refractivity (Wildman–Crippen MR) is 67.2 cm³/mol. The van der Waals surface area contributed by atoms with E-state index >= 15 is 0 Å². The van der Waals surface area contributed by atoms with Gasteiger partial charge in [-0.3, -0.25) is 14.4 Å². The molecule has 0 bridgehead atoms. The van der Waals surface area contributed by atoms with Crippen LogP contribution in [0, 0.1) is 0 Å². The van der Waals surface area contributed by atoms with E-state index in [4.69, 9.17) is 26.2 Å². The molecule has 12 heteroatoms. The van der Waals surface area contributed by atoms with Gasteiger partial charge >= 0.3 is 29.8 Å². The molecule has 0 aliphatic carbocycles. The maximum atomic E-state index is 11.6. The normalized spacial score (nSPS) is 15.7. The molecule has 0 rings (SSSR count). The molecular weight excluding hydrogens is 322 g/mol. The van der Waals surface area contributed by atoms with Crippen LogP contribution in [-0.2, 0) is 28.7 Å². The smallest absolute Gasteiger partial charge is 0.348 e. The molecule has 0 spiro atoms. The first-order valence-electron chi connectivity index (χ1n) is 6.00. The molecule has 0 aliphatic rings. The average molecular weight is 337 g/mol. The number of hydrogen-bond donors (Lipinski definition) is 6. The number of esters is 1. The standard InChI is InChI=1S/C11H15NO11/c12-4(1-2-5(13)14)9(19)23-7(8(17)18)11(22,10(20)21)3-6(15)16/h4,7,22H,1-3,12H2,(H,13,14)(H,15,16)(H,17,18)(H,20,21). The van der Waals surface area contributed by atoms with Crippen LogP contribution in [0.2, 0.25) is 0 Å². The highest BCUT2D eigenvalue weighted by Gasteiger charge is 2.53.